The summed E-state index contributed by atoms with van der Waals surface area (Å²) >= 11 is 0. The van der Waals surface area contributed by atoms with Gasteiger partial charge in [0.1, 0.15) is 34.0 Å². The quantitative estimate of drug-likeness (QED) is 0.180. The van der Waals surface area contributed by atoms with Gasteiger partial charge in [-0.25, -0.2) is 0 Å². The molecule has 0 N–H and O–H groups in total. The molecule has 276 valence electrons. The maximum absolute atomic E-state index is 16.8. The Labute approximate surface area is 335 Å². The van der Waals surface area contributed by atoms with Gasteiger partial charge in [0.25, 0.3) is 0 Å². The van der Waals surface area contributed by atoms with Crippen molar-refractivity contribution in [3.05, 3.63) is 239 Å². The number of rotatable bonds is 4. The first-order valence-corrected chi connectivity index (χ1v) is 20.3. The molecule has 3 fully saturated rings. The number of fused-ring (bicyclic) bond motifs is 18. The van der Waals surface area contributed by atoms with Gasteiger partial charge in [-0.05, 0) is 90.3 Å². The monoisotopic (exact) mass is 748 g/mol. The van der Waals surface area contributed by atoms with Crippen LogP contribution >= 0.6 is 0 Å². The van der Waals surface area contributed by atoms with Crippen LogP contribution in [0.4, 0.5) is 0 Å². The van der Waals surface area contributed by atoms with Crippen molar-refractivity contribution in [3.8, 4) is 0 Å². The van der Waals surface area contributed by atoms with Crippen molar-refractivity contribution in [3.63, 3.8) is 0 Å². The third-order valence-corrected chi connectivity index (χ3v) is 14.5. The summed E-state index contributed by atoms with van der Waals surface area (Å²) in [6.07, 6.45) is 0. The van der Waals surface area contributed by atoms with Crippen LogP contribution in [-0.2, 0) is 41.5 Å². The van der Waals surface area contributed by atoms with E-state index in [1.165, 1.54) is 0 Å². The highest BCUT2D eigenvalue weighted by molar-refractivity contribution is 6.07. The minimum atomic E-state index is -1.25. The Morgan fingerprint density at radius 1 is 0.293 bits per heavy atom. The molecule has 8 unspecified atom stereocenters. The van der Waals surface area contributed by atoms with Gasteiger partial charge in [0, 0.05) is 0 Å². The second-order valence-corrected chi connectivity index (χ2v) is 16.8. The van der Waals surface area contributed by atoms with Gasteiger partial charge in [-0.3, -0.25) is 9.59 Å². The van der Waals surface area contributed by atoms with Gasteiger partial charge in [0.15, 0.2) is 0 Å². The van der Waals surface area contributed by atoms with E-state index in [2.05, 4.69) is 97.1 Å². The second kappa shape index (κ2) is 11.1. The second-order valence-electron chi connectivity index (χ2n) is 16.8. The van der Waals surface area contributed by atoms with Crippen molar-refractivity contribution in [2.45, 2.75) is 22.4 Å². The number of ketones is 2. The SMILES string of the molecule is O=C1C2C(C(=O)C3C1C1(c4ccccc4)OC3(c3ccccc3)c3cc4ccccc4cc31)C1(c3ccccc3)OC2(c2ccccc2)c2cc3ccccc3cc21. The van der Waals surface area contributed by atoms with Crippen LogP contribution in [0.25, 0.3) is 21.5 Å². The Hall–Kier alpha value is -6.46. The summed E-state index contributed by atoms with van der Waals surface area (Å²) < 4.78 is 15.7. The summed E-state index contributed by atoms with van der Waals surface area (Å²) in [5.41, 5.74) is 2.31. The van der Waals surface area contributed by atoms with E-state index < -0.39 is 46.1 Å². The van der Waals surface area contributed by atoms with Gasteiger partial charge in [0.2, 0.25) is 0 Å². The topological polar surface area (TPSA) is 52.6 Å². The number of carbonyl (C=O) groups is 2. The number of benzene rings is 8. The fourth-order valence-corrected chi connectivity index (χ4v) is 12.5. The highest BCUT2D eigenvalue weighted by Gasteiger charge is 2.84. The van der Waals surface area contributed by atoms with E-state index in [0.29, 0.717) is 0 Å². The molecule has 4 bridgehead atoms. The van der Waals surface area contributed by atoms with E-state index in [-0.39, 0.29) is 11.6 Å². The lowest BCUT2D eigenvalue weighted by Crippen LogP contribution is -2.62. The van der Waals surface area contributed by atoms with Crippen LogP contribution in [0.5, 0.6) is 0 Å². The van der Waals surface area contributed by atoms with Gasteiger partial charge >= 0.3 is 0 Å². The molecule has 0 aromatic heterocycles. The summed E-state index contributed by atoms with van der Waals surface area (Å²) in [6, 6.07) is 66.2. The average Bonchev–Trinajstić information content (AvgIpc) is 3.99. The fraction of sp³-hybridized carbons (Fsp3) is 0.148. The Morgan fingerprint density at radius 2 is 0.500 bits per heavy atom. The van der Waals surface area contributed by atoms with Crippen molar-refractivity contribution >= 4 is 33.1 Å². The van der Waals surface area contributed by atoms with Crippen molar-refractivity contribution in [1.29, 1.82) is 0 Å². The highest BCUT2D eigenvalue weighted by atomic mass is 16.5. The van der Waals surface area contributed by atoms with Crippen LogP contribution < -0.4 is 0 Å². The van der Waals surface area contributed by atoms with E-state index in [1.807, 2.05) is 97.1 Å². The minimum absolute atomic E-state index is 0.00976. The van der Waals surface area contributed by atoms with E-state index in [1.54, 1.807) is 0 Å². The molecule has 0 radical (unpaired) electrons. The van der Waals surface area contributed by atoms with Crippen LogP contribution in [0, 0.1) is 23.7 Å². The molecule has 4 heterocycles. The third kappa shape index (κ3) is 3.62. The smallest absolute Gasteiger partial charge is 0.147 e. The fourth-order valence-electron chi connectivity index (χ4n) is 12.5. The third-order valence-electron chi connectivity index (χ3n) is 14.5. The lowest BCUT2D eigenvalue weighted by Gasteiger charge is -2.50. The summed E-state index contributed by atoms with van der Waals surface area (Å²) in [5, 5.41) is 4.25. The summed E-state index contributed by atoms with van der Waals surface area (Å²) in [6.45, 7) is 0. The molecule has 1 saturated carbocycles. The molecule has 8 atom stereocenters. The molecule has 8 aromatic rings. The van der Waals surface area contributed by atoms with Gasteiger partial charge in [-0.15, -0.1) is 0 Å². The first-order chi connectivity index (χ1) is 28.5. The first-order valence-electron chi connectivity index (χ1n) is 20.3. The molecule has 58 heavy (non-hydrogen) atoms. The number of hydrogen-bond acceptors (Lipinski definition) is 4. The maximum atomic E-state index is 16.8. The maximum Gasteiger partial charge on any atom is 0.147 e. The van der Waals surface area contributed by atoms with Crippen LogP contribution in [0.15, 0.2) is 194 Å². The zero-order valence-electron chi connectivity index (χ0n) is 31.4. The number of hydrogen-bond donors (Lipinski definition) is 0. The van der Waals surface area contributed by atoms with Crippen LogP contribution in [0.1, 0.15) is 44.5 Å². The Balaban J connectivity index is 1.17. The first kappa shape index (κ1) is 32.6. The number of Topliss-reactive ketones (excluding diaryl/α,β-unsaturated/α-hetero) is 2. The molecular weight excluding hydrogens is 713 g/mol. The molecule has 0 amide bonds. The lowest BCUT2D eigenvalue weighted by atomic mass is 9.46. The van der Waals surface area contributed by atoms with Crippen molar-refractivity contribution in [2.75, 3.05) is 0 Å². The summed E-state index contributed by atoms with van der Waals surface area (Å²) in [5.74, 6) is -3.32. The van der Waals surface area contributed by atoms with E-state index in [4.69, 9.17) is 9.47 Å². The number of ether oxygens (including phenoxy) is 2. The summed E-state index contributed by atoms with van der Waals surface area (Å²) in [7, 11) is 0. The highest BCUT2D eigenvalue weighted by Crippen LogP contribution is 2.77. The molecule has 0 spiro atoms. The molecule has 1 aliphatic carbocycles. The van der Waals surface area contributed by atoms with E-state index in [0.717, 1.165) is 66.1 Å². The molecule has 13 rings (SSSR count). The Kier molecular flexibility index (Phi) is 6.26. The summed E-state index contributed by atoms with van der Waals surface area (Å²) in [4.78, 5) is 33.5. The normalized spacial score (nSPS) is 31.0. The average molecular weight is 749 g/mol. The van der Waals surface area contributed by atoms with Crippen LogP contribution in [0.3, 0.4) is 0 Å². The van der Waals surface area contributed by atoms with E-state index in [9.17, 15) is 0 Å². The lowest BCUT2D eigenvalue weighted by molar-refractivity contribution is -0.151. The molecule has 4 aliphatic heterocycles. The molecule has 4 nitrogen and oxygen atoms in total. The zero-order chi connectivity index (χ0) is 38.4. The van der Waals surface area contributed by atoms with Gasteiger partial charge in [0.05, 0.1) is 23.7 Å². The largest absolute Gasteiger partial charge is 0.348 e. The molecular formula is C54H36O4. The minimum Gasteiger partial charge on any atom is -0.348 e. The van der Waals surface area contributed by atoms with Crippen LogP contribution in [0.2, 0.25) is 0 Å². The standard InChI is InChI=1S/C54H36O4/c55-49-45-46(52(38-23-7-2-8-24-38)42-30-34-18-14-13-17-33(34)29-41(42)51(45,57-52)37-21-5-1-6-22-37)50(56)48-47(49)53(39-25-9-3-10-26-39)43-31-35-19-15-16-20-36(35)32-44(43)54(48,58-53)40-27-11-4-12-28-40/h1-32,45-48H. The van der Waals surface area contributed by atoms with Crippen molar-refractivity contribution < 1.29 is 19.1 Å². The zero-order valence-corrected chi connectivity index (χ0v) is 31.4. The Morgan fingerprint density at radius 3 is 0.724 bits per heavy atom. The van der Waals surface area contributed by atoms with Crippen LogP contribution in [-0.4, -0.2) is 11.6 Å². The molecule has 2 saturated heterocycles. The van der Waals surface area contributed by atoms with Crippen molar-refractivity contribution in [1.82, 2.24) is 0 Å². The predicted molar refractivity (Wildman–Crippen MR) is 223 cm³/mol. The van der Waals surface area contributed by atoms with Gasteiger partial charge in [-0.2, -0.15) is 0 Å². The molecule has 5 aliphatic rings. The van der Waals surface area contributed by atoms with Gasteiger partial charge < -0.3 is 9.47 Å². The number of carbonyl (C=O) groups excluding carboxylic acids is 2. The van der Waals surface area contributed by atoms with Crippen molar-refractivity contribution in [2.24, 2.45) is 23.7 Å². The predicted octanol–water partition coefficient (Wildman–Crippen LogP) is 10.4. The molecule has 4 heteroatoms. The van der Waals surface area contributed by atoms with E-state index >= 15 is 9.59 Å². The van der Waals surface area contributed by atoms with Gasteiger partial charge in [-0.1, -0.05) is 170 Å². The Bertz CT molecular complexity index is 2630. The molecule has 8 aromatic carbocycles.